The van der Waals surface area contributed by atoms with Crippen LogP contribution < -0.4 is 10.9 Å². The number of carbonyl (C=O) groups excluding carboxylic acids is 1. The third kappa shape index (κ3) is 3.19. The SMILES string of the molecule is Cc1cc(C2CCOC2)oc(=O)c1C(=O)N1CCOC2(C[C@H]3CC[C@@H](C2)N3)C1. The van der Waals surface area contributed by atoms with E-state index in [0.717, 1.165) is 19.3 Å². The predicted molar refractivity (Wildman–Crippen MR) is 102 cm³/mol. The van der Waals surface area contributed by atoms with E-state index >= 15 is 0 Å². The van der Waals surface area contributed by atoms with Gasteiger partial charge in [0, 0.05) is 31.2 Å². The van der Waals surface area contributed by atoms with Crippen LogP contribution in [0.15, 0.2) is 15.3 Å². The monoisotopic (exact) mass is 388 g/mol. The Labute approximate surface area is 164 Å². The van der Waals surface area contributed by atoms with E-state index < -0.39 is 5.63 Å². The molecule has 7 nitrogen and oxygen atoms in total. The maximum Gasteiger partial charge on any atom is 0.349 e. The number of piperidine rings is 1. The lowest BCUT2D eigenvalue weighted by molar-refractivity contribution is -0.122. The number of amides is 1. The van der Waals surface area contributed by atoms with Gasteiger partial charge in [-0.15, -0.1) is 0 Å². The summed E-state index contributed by atoms with van der Waals surface area (Å²) in [5.74, 6) is 0.506. The van der Waals surface area contributed by atoms with E-state index in [1.807, 2.05) is 13.0 Å². The fourth-order valence-corrected chi connectivity index (χ4v) is 5.48. The number of fused-ring (bicyclic) bond motifs is 2. The van der Waals surface area contributed by atoms with Crippen molar-refractivity contribution in [2.24, 2.45) is 0 Å². The Hall–Kier alpha value is -1.70. The van der Waals surface area contributed by atoms with Crippen LogP contribution in [0.25, 0.3) is 0 Å². The molecule has 5 heterocycles. The largest absolute Gasteiger partial charge is 0.427 e. The van der Waals surface area contributed by atoms with Crippen molar-refractivity contribution in [3.05, 3.63) is 33.4 Å². The minimum Gasteiger partial charge on any atom is -0.427 e. The summed E-state index contributed by atoms with van der Waals surface area (Å²) in [6.07, 6.45) is 5.07. The van der Waals surface area contributed by atoms with Crippen LogP contribution >= 0.6 is 0 Å². The maximum absolute atomic E-state index is 13.2. The molecule has 0 radical (unpaired) electrons. The van der Waals surface area contributed by atoms with Gasteiger partial charge in [-0.2, -0.15) is 0 Å². The molecule has 2 unspecified atom stereocenters. The molecule has 1 aromatic heterocycles. The lowest BCUT2D eigenvalue weighted by atomic mass is 9.85. The van der Waals surface area contributed by atoms with Gasteiger partial charge in [0.2, 0.25) is 0 Å². The molecule has 4 aliphatic rings. The highest BCUT2D eigenvalue weighted by Crippen LogP contribution is 2.38. The standard InChI is InChI=1S/C21H28N2O5/c1-13-8-17(14-4-6-26-11-14)28-20(25)18(13)19(24)23-5-7-27-21(12-23)9-15-2-3-16(10-21)22-15/h8,14-16,22H,2-7,9-12H2,1H3/t14?,15-,16+,21?. The summed E-state index contributed by atoms with van der Waals surface area (Å²) < 4.78 is 17.1. The summed E-state index contributed by atoms with van der Waals surface area (Å²) in [6.45, 7) is 4.66. The molecular formula is C21H28N2O5. The molecule has 28 heavy (non-hydrogen) atoms. The number of aryl methyl sites for hydroxylation is 1. The summed E-state index contributed by atoms with van der Waals surface area (Å²) >= 11 is 0. The molecule has 7 heteroatoms. The Kier molecular flexibility index (Phi) is 4.56. The van der Waals surface area contributed by atoms with Gasteiger partial charge in [-0.25, -0.2) is 4.79 Å². The minimum atomic E-state index is -0.530. The summed E-state index contributed by atoms with van der Waals surface area (Å²) in [5, 5.41) is 3.63. The van der Waals surface area contributed by atoms with E-state index in [9.17, 15) is 9.59 Å². The summed E-state index contributed by atoms with van der Waals surface area (Å²) in [7, 11) is 0. The van der Waals surface area contributed by atoms with E-state index in [2.05, 4.69) is 5.32 Å². The second kappa shape index (κ2) is 6.97. The number of nitrogens with zero attached hydrogens (tertiary/aromatic N) is 1. The molecule has 152 valence electrons. The molecule has 1 spiro atoms. The van der Waals surface area contributed by atoms with Crippen LogP contribution in [0.5, 0.6) is 0 Å². The smallest absolute Gasteiger partial charge is 0.349 e. The average Bonchev–Trinajstić information content (AvgIpc) is 3.31. The van der Waals surface area contributed by atoms with Crippen molar-refractivity contribution in [1.82, 2.24) is 10.2 Å². The first-order valence-corrected chi connectivity index (χ1v) is 10.4. The molecule has 0 aliphatic carbocycles. The highest BCUT2D eigenvalue weighted by molar-refractivity contribution is 5.95. The molecule has 4 atom stereocenters. The molecule has 1 aromatic rings. The van der Waals surface area contributed by atoms with Gasteiger partial charge < -0.3 is 24.1 Å². The van der Waals surface area contributed by atoms with E-state index in [0.29, 0.717) is 56.3 Å². The topological polar surface area (TPSA) is 81.0 Å². The van der Waals surface area contributed by atoms with Crippen molar-refractivity contribution in [3.8, 4) is 0 Å². The quantitative estimate of drug-likeness (QED) is 0.829. The molecule has 1 N–H and O–H groups in total. The van der Waals surface area contributed by atoms with Crippen LogP contribution in [0.3, 0.4) is 0 Å². The zero-order chi connectivity index (χ0) is 19.3. The maximum atomic E-state index is 13.2. The predicted octanol–water partition coefficient (Wildman–Crippen LogP) is 1.58. The molecule has 1 amide bonds. The third-order valence-electron chi connectivity index (χ3n) is 6.82. The highest BCUT2D eigenvalue weighted by atomic mass is 16.5. The summed E-state index contributed by atoms with van der Waals surface area (Å²) in [5.41, 5.74) is 0.0451. The van der Waals surface area contributed by atoms with Crippen LogP contribution in [0, 0.1) is 6.92 Å². The number of rotatable bonds is 2. The van der Waals surface area contributed by atoms with Gasteiger partial charge in [-0.05, 0) is 50.7 Å². The van der Waals surface area contributed by atoms with Crippen molar-refractivity contribution in [2.45, 2.75) is 62.6 Å². The molecule has 4 fully saturated rings. The Bertz CT molecular complexity index is 817. The lowest BCUT2D eigenvalue weighted by Crippen LogP contribution is -2.60. The normalized spacial score (nSPS) is 34.9. The van der Waals surface area contributed by atoms with Gasteiger partial charge >= 0.3 is 5.63 Å². The first-order chi connectivity index (χ1) is 13.5. The van der Waals surface area contributed by atoms with Crippen LogP contribution in [0.2, 0.25) is 0 Å². The average molecular weight is 388 g/mol. The first-order valence-electron chi connectivity index (χ1n) is 10.4. The molecule has 0 aromatic carbocycles. The number of ether oxygens (including phenoxy) is 2. The second-order valence-corrected chi connectivity index (χ2v) is 8.86. The number of carbonyl (C=O) groups is 1. The van der Waals surface area contributed by atoms with Gasteiger partial charge in [0.25, 0.3) is 5.91 Å². The molecule has 5 rings (SSSR count). The van der Waals surface area contributed by atoms with E-state index in [4.69, 9.17) is 13.9 Å². The van der Waals surface area contributed by atoms with Crippen molar-refractivity contribution in [3.63, 3.8) is 0 Å². The van der Waals surface area contributed by atoms with Crippen molar-refractivity contribution in [2.75, 3.05) is 32.9 Å². The molecule has 0 saturated carbocycles. The van der Waals surface area contributed by atoms with E-state index in [1.54, 1.807) is 4.90 Å². The van der Waals surface area contributed by atoms with E-state index in [-0.39, 0.29) is 23.0 Å². The van der Waals surface area contributed by atoms with Gasteiger partial charge in [0.05, 0.1) is 25.4 Å². The Balaban J connectivity index is 1.38. The van der Waals surface area contributed by atoms with Crippen LogP contribution in [-0.4, -0.2) is 61.4 Å². The summed E-state index contributed by atoms with van der Waals surface area (Å²) in [4.78, 5) is 27.7. The van der Waals surface area contributed by atoms with Gasteiger partial charge in [0.15, 0.2) is 0 Å². The zero-order valence-corrected chi connectivity index (χ0v) is 16.4. The lowest BCUT2D eigenvalue weighted by Gasteiger charge is -2.47. The minimum absolute atomic E-state index is 0.104. The van der Waals surface area contributed by atoms with Crippen molar-refractivity contribution in [1.29, 1.82) is 0 Å². The van der Waals surface area contributed by atoms with Crippen LogP contribution in [-0.2, 0) is 9.47 Å². The second-order valence-electron chi connectivity index (χ2n) is 8.86. The number of nitrogens with one attached hydrogen (secondary N) is 1. The van der Waals surface area contributed by atoms with E-state index in [1.165, 1.54) is 12.8 Å². The third-order valence-corrected chi connectivity index (χ3v) is 6.82. The Morgan fingerprint density at radius 2 is 2.00 bits per heavy atom. The fourth-order valence-electron chi connectivity index (χ4n) is 5.48. The van der Waals surface area contributed by atoms with Crippen LogP contribution in [0.1, 0.15) is 59.7 Å². The van der Waals surface area contributed by atoms with Crippen molar-refractivity contribution < 1.29 is 18.7 Å². The Morgan fingerprint density at radius 3 is 2.68 bits per heavy atom. The highest BCUT2D eigenvalue weighted by Gasteiger charge is 2.48. The molecule has 4 aliphatic heterocycles. The van der Waals surface area contributed by atoms with Crippen molar-refractivity contribution >= 4 is 5.91 Å². The van der Waals surface area contributed by atoms with Gasteiger partial charge in [-0.1, -0.05) is 0 Å². The Morgan fingerprint density at radius 1 is 1.21 bits per heavy atom. The molecule has 4 saturated heterocycles. The number of hydrogen-bond donors (Lipinski definition) is 1. The summed E-state index contributed by atoms with van der Waals surface area (Å²) in [6, 6.07) is 2.80. The number of hydrogen-bond acceptors (Lipinski definition) is 6. The zero-order valence-electron chi connectivity index (χ0n) is 16.4. The van der Waals surface area contributed by atoms with Gasteiger partial charge in [-0.3, -0.25) is 4.79 Å². The first kappa shape index (κ1) is 18.3. The number of morpholine rings is 1. The van der Waals surface area contributed by atoms with Gasteiger partial charge in [0.1, 0.15) is 11.3 Å². The molecular weight excluding hydrogens is 360 g/mol. The molecule has 2 bridgehead atoms. The fraction of sp³-hybridized carbons (Fsp3) is 0.714. The van der Waals surface area contributed by atoms with Crippen LogP contribution in [0.4, 0.5) is 0 Å².